The first-order chi connectivity index (χ1) is 21.1. The summed E-state index contributed by atoms with van der Waals surface area (Å²) in [5, 5.41) is 22.4. The van der Waals surface area contributed by atoms with E-state index >= 15 is 0 Å². The fourth-order valence-corrected chi connectivity index (χ4v) is 6.26. The SMILES string of the molecule is CCCCCCCCCCCCCCOc1ccccc1NC(=O)c1cc(SC2=NNNN2CC)c2ccccc2c1O. The van der Waals surface area contributed by atoms with E-state index in [2.05, 4.69) is 28.4 Å². The van der Waals surface area contributed by atoms with Crippen LogP contribution in [0.1, 0.15) is 101 Å². The highest BCUT2D eigenvalue weighted by molar-refractivity contribution is 8.14. The number of aromatic hydroxyl groups is 1. The molecule has 0 radical (unpaired) electrons. The van der Waals surface area contributed by atoms with Gasteiger partial charge in [0.25, 0.3) is 5.91 Å². The molecule has 0 unspecified atom stereocenters. The maximum Gasteiger partial charge on any atom is 0.259 e. The van der Waals surface area contributed by atoms with Gasteiger partial charge in [0.05, 0.1) is 17.9 Å². The molecule has 0 saturated carbocycles. The fourth-order valence-electron chi connectivity index (χ4n) is 5.23. The number of unbranched alkanes of at least 4 members (excludes halogenated alkanes) is 11. The van der Waals surface area contributed by atoms with Crippen molar-refractivity contribution in [2.45, 2.75) is 95.8 Å². The molecule has 0 aliphatic carbocycles. The summed E-state index contributed by atoms with van der Waals surface area (Å²) < 4.78 is 6.09. The van der Waals surface area contributed by atoms with Gasteiger partial charge in [0.1, 0.15) is 11.5 Å². The number of phenols is 1. The summed E-state index contributed by atoms with van der Waals surface area (Å²) in [5.74, 6) is 0.178. The molecule has 232 valence electrons. The minimum Gasteiger partial charge on any atom is -0.506 e. The van der Waals surface area contributed by atoms with E-state index in [9.17, 15) is 9.90 Å². The van der Waals surface area contributed by atoms with E-state index in [1.54, 1.807) is 6.07 Å². The molecule has 0 bridgehead atoms. The Balaban J connectivity index is 1.30. The quantitative estimate of drug-likeness (QED) is 0.108. The highest BCUT2D eigenvalue weighted by atomic mass is 32.2. The van der Waals surface area contributed by atoms with Gasteiger partial charge in [0.15, 0.2) is 0 Å². The Morgan fingerprint density at radius 3 is 2.21 bits per heavy atom. The molecule has 1 aliphatic rings. The molecule has 8 nitrogen and oxygen atoms in total. The van der Waals surface area contributed by atoms with E-state index < -0.39 is 5.91 Å². The van der Waals surface area contributed by atoms with Gasteiger partial charge in [-0.3, -0.25) is 9.80 Å². The van der Waals surface area contributed by atoms with Gasteiger partial charge < -0.3 is 15.2 Å². The minimum atomic E-state index is -0.400. The smallest absolute Gasteiger partial charge is 0.259 e. The predicted molar refractivity (Wildman–Crippen MR) is 179 cm³/mol. The van der Waals surface area contributed by atoms with Crippen LogP contribution in [0.25, 0.3) is 10.8 Å². The molecular weight excluding hydrogens is 558 g/mol. The topological polar surface area (TPSA) is 98.2 Å². The average molecular weight is 606 g/mol. The van der Waals surface area contributed by atoms with Gasteiger partial charge in [-0.1, -0.05) is 114 Å². The Morgan fingerprint density at radius 2 is 1.51 bits per heavy atom. The number of thioether (sulfide) groups is 1. The molecule has 4 rings (SSSR count). The highest BCUT2D eigenvalue weighted by Crippen LogP contribution is 2.38. The van der Waals surface area contributed by atoms with Crippen LogP contribution in [0.3, 0.4) is 0 Å². The van der Waals surface area contributed by atoms with Gasteiger partial charge in [0.2, 0.25) is 5.17 Å². The van der Waals surface area contributed by atoms with Gasteiger partial charge in [-0.15, -0.1) is 10.6 Å². The molecule has 1 aliphatic heterocycles. The second-order valence-electron chi connectivity index (χ2n) is 11.0. The van der Waals surface area contributed by atoms with Crippen molar-refractivity contribution in [3.63, 3.8) is 0 Å². The van der Waals surface area contributed by atoms with Gasteiger partial charge in [-0.2, -0.15) is 0 Å². The molecule has 0 spiro atoms. The normalized spacial score (nSPS) is 12.8. The zero-order valence-corrected chi connectivity index (χ0v) is 26.5. The van der Waals surface area contributed by atoms with Crippen molar-refractivity contribution in [1.29, 1.82) is 0 Å². The second-order valence-corrected chi connectivity index (χ2v) is 12.0. The zero-order chi connectivity index (χ0) is 30.3. The van der Waals surface area contributed by atoms with E-state index in [0.29, 0.717) is 30.0 Å². The van der Waals surface area contributed by atoms with Crippen LogP contribution in [0.5, 0.6) is 11.5 Å². The predicted octanol–water partition coefficient (Wildman–Crippen LogP) is 8.59. The lowest BCUT2D eigenvalue weighted by atomic mass is 10.0. The third kappa shape index (κ3) is 9.53. The molecule has 4 N–H and O–H groups in total. The second kappa shape index (κ2) is 17.6. The summed E-state index contributed by atoms with van der Waals surface area (Å²) in [6, 6.07) is 16.7. The number of carbonyl (C=O) groups excluding carboxylic acids is 1. The summed E-state index contributed by atoms with van der Waals surface area (Å²) in [5.41, 5.74) is 6.52. The standard InChI is InChI=1S/C34H47N5O3S/c1-3-5-6-7-8-9-10-11-12-13-14-19-24-42-30-23-18-17-22-29(30)35-33(41)28-25-31(43-34-36-37-38-39(34)4-2)26-20-15-16-21-27(26)32(28)40/h15-18,20-23,25,37-38,40H,3-14,19,24H2,1-2H3,(H,35,41). The van der Waals surface area contributed by atoms with Crippen LogP contribution >= 0.6 is 11.8 Å². The van der Waals surface area contributed by atoms with Crippen LogP contribution in [-0.4, -0.2) is 34.3 Å². The maximum atomic E-state index is 13.5. The molecular formula is C34H47N5O3S. The van der Waals surface area contributed by atoms with Crippen LogP contribution < -0.4 is 21.1 Å². The van der Waals surface area contributed by atoms with Gasteiger partial charge in [-0.05, 0) is 48.7 Å². The number of ether oxygens (including phenoxy) is 1. The Morgan fingerprint density at radius 1 is 0.884 bits per heavy atom. The Hall–Kier alpha value is -3.43. The Bertz CT molecular complexity index is 1350. The Labute approximate surface area is 260 Å². The molecule has 9 heteroatoms. The first-order valence-electron chi connectivity index (χ1n) is 15.9. The number of fused-ring (bicyclic) bond motifs is 1. The number of amidine groups is 1. The number of hydrogen-bond donors (Lipinski definition) is 4. The van der Waals surface area contributed by atoms with Crippen molar-refractivity contribution in [2.75, 3.05) is 18.5 Å². The lowest BCUT2D eigenvalue weighted by molar-refractivity contribution is 0.102. The largest absolute Gasteiger partial charge is 0.506 e. The number of hydrogen-bond acceptors (Lipinski definition) is 8. The molecule has 0 fully saturated rings. The number of hydrazone groups is 1. The minimum absolute atomic E-state index is 0.0516. The molecule has 3 aromatic carbocycles. The lowest BCUT2D eigenvalue weighted by Gasteiger charge is -2.18. The molecule has 43 heavy (non-hydrogen) atoms. The number of benzene rings is 3. The number of nitrogens with one attached hydrogen (secondary N) is 3. The van der Waals surface area contributed by atoms with Gasteiger partial charge >= 0.3 is 0 Å². The number of carbonyl (C=O) groups is 1. The number of nitrogens with zero attached hydrogens (tertiary/aromatic N) is 2. The van der Waals surface area contributed by atoms with Crippen LogP contribution in [0.2, 0.25) is 0 Å². The molecule has 3 aromatic rings. The first-order valence-corrected chi connectivity index (χ1v) is 16.8. The molecule has 1 heterocycles. The number of rotatable bonds is 18. The van der Waals surface area contributed by atoms with Crippen molar-refractivity contribution in [2.24, 2.45) is 5.10 Å². The van der Waals surface area contributed by atoms with Gasteiger partial charge in [-0.25, -0.2) is 5.53 Å². The zero-order valence-electron chi connectivity index (χ0n) is 25.7. The average Bonchev–Trinajstić information content (AvgIpc) is 3.48. The van der Waals surface area contributed by atoms with E-state index in [-0.39, 0.29) is 11.3 Å². The number of phenolic OH excluding ortho intramolecular Hbond substituents is 1. The number of hydrazine groups is 2. The van der Waals surface area contributed by atoms with Crippen LogP contribution in [0, 0.1) is 0 Å². The lowest BCUT2D eigenvalue weighted by Crippen LogP contribution is -2.39. The summed E-state index contributed by atoms with van der Waals surface area (Å²) in [4.78, 5) is 14.3. The van der Waals surface area contributed by atoms with Crippen molar-refractivity contribution < 1.29 is 14.6 Å². The maximum absolute atomic E-state index is 13.5. The third-order valence-electron chi connectivity index (χ3n) is 7.70. The van der Waals surface area contributed by atoms with Crippen molar-refractivity contribution >= 4 is 39.3 Å². The van der Waals surface area contributed by atoms with Crippen molar-refractivity contribution in [3.8, 4) is 11.5 Å². The van der Waals surface area contributed by atoms with Crippen LogP contribution in [0.4, 0.5) is 5.69 Å². The molecule has 0 aromatic heterocycles. The van der Waals surface area contributed by atoms with E-state index in [4.69, 9.17) is 4.74 Å². The molecule has 0 atom stereocenters. The van der Waals surface area contributed by atoms with E-state index in [0.717, 1.165) is 28.3 Å². The molecule has 1 amide bonds. The fraction of sp³-hybridized carbons (Fsp3) is 0.471. The van der Waals surface area contributed by atoms with E-state index in [1.807, 2.05) is 60.5 Å². The molecule has 0 saturated heterocycles. The summed E-state index contributed by atoms with van der Waals surface area (Å²) in [6.07, 6.45) is 15.5. The number of para-hydroxylation sites is 2. The number of amides is 1. The summed E-state index contributed by atoms with van der Waals surface area (Å²) in [7, 11) is 0. The van der Waals surface area contributed by atoms with Crippen molar-refractivity contribution in [3.05, 3.63) is 60.2 Å². The first kappa shape index (κ1) is 32.5. The monoisotopic (exact) mass is 605 g/mol. The van der Waals surface area contributed by atoms with Crippen LogP contribution in [-0.2, 0) is 0 Å². The highest BCUT2D eigenvalue weighted by Gasteiger charge is 2.22. The van der Waals surface area contributed by atoms with Gasteiger partial charge in [0, 0.05) is 16.8 Å². The van der Waals surface area contributed by atoms with Crippen molar-refractivity contribution in [1.82, 2.24) is 16.1 Å². The number of anilines is 1. The third-order valence-corrected chi connectivity index (χ3v) is 8.75. The van der Waals surface area contributed by atoms with E-state index in [1.165, 1.54) is 76.0 Å². The Kier molecular flexibility index (Phi) is 13.3. The summed E-state index contributed by atoms with van der Waals surface area (Å²) >= 11 is 1.42. The van der Waals surface area contributed by atoms with Crippen LogP contribution in [0.15, 0.2) is 64.6 Å². The summed E-state index contributed by atoms with van der Waals surface area (Å²) in [6.45, 7) is 5.59.